The minimum atomic E-state index is -0.214. The number of hydrogen-bond donors (Lipinski definition) is 2. The van der Waals surface area contributed by atoms with Crippen LogP contribution in [0.5, 0.6) is 0 Å². The molecule has 2 heterocycles. The highest BCUT2D eigenvalue weighted by atomic mass is 16.3. The van der Waals surface area contributed by atoms with Crippen molar-refractivity contribution >= 4 is 5.91 Å². The molecule has 2 aliphatic heterocycles. The lowest BCUT2D eigenvalue weighted by atomic mass is 9.90. The van der Waals surface area contributed by atoms with Crippen LogP contribution in [0.15, 0.2) is 0 Å². The van der Waals surface area contributed by atoms with Crippen LogP contribution in [0.1, 0.15) is 32.6 Å². The predicted octanol–water partition coefficient (Wildman–Crippen LogP) is 0.605. The van der Waals surface area contributed by atoms with Gasteiger partial charge in [-0.25, -0.2) is 0 Å². The molecule has 0 saturated carbocycles. The largest absolute Gasteiger partial charge is 0.393 e. The minimum absolute atomic E-state index is 0.163. The maximum absolute atomic E-state index is 12.3. The van der Waals surface area contributed by atoms with E-state index in [0.717, 1.165) is 51.9 Å². The first-order valence-corrected chi connectivity index (χ1v) is 6.90. The number of aliphatic hydroxyl groups is 1. The van der Waals surface area contributed by atoms with E-state index in [1.165, 1.54) is 0 Å². The number of likely N-dealkylation sites (tertiary alicyclic amines) is 1. The van der Waals surface area contributed by atoms with Crippen LogP contribution in [0.25, 0.3) is 0 Å². The van der Waals surface area contributed by atoms with Crippen LogP contribution in [0.3, 0.4) is 0 Å². The highest BCUT2D eigenvalue weighted by Gasteiger charge is 2.32. The number of nitrogens with zero attached hydrogens (tertiary/aromatic N) is 1. The lowest BCUT2D eigenvalue weighted by molar-refractivity contribution is -0.139. The summed E-state index contributed by atoms with van der Waals surface area (Å²) in [6.45, 7) is 5.43. The first kappa shape index (κ1) is 12.8. The number of nitrogens with one attached hydrogen (secondary N) is 1. The molecule has 4 heteroatoms. The average molecular weight is 240 g/mol. The first-order chi connectivity index (χ1) is 8.22. The van der Waals surface area contributed by atoms with E-state index in [9.17, 15) is 9.90 Å². The summed E-state index contributed by atoms with van der Waals surface area (Å²) in [4.78, 5) is 14.3. The van der Waals surface area contributed by atoms with Gasteiger partial charge in [-0.3, -0.25) is 4.79 Å². The number of hydrogen-bond acceptors (Lipinski definition) is 3. The predicted molar refractivity (Wildman–Crippen MR) is 66.6 cm³/mol. The summed E-state index contributed by atoms with van der Waals surface area (Å²) in [5, 5.41) is 13.1. The molecule has 3 unspecified atom stereocenters. The molecule has 0 aromatic heterocycles. The SMILES string of the molecule is CCC1CN(C(=O)C2CCCNC2)CCC1O. The zero-order valence-corrected chi connectivity index (χ0v) is 10.7. The van der Waals surface area contributed by atoms with E-state index in [4.69, 9.17) is 0 Å². The summed E-state index contributed by atoms with van der Waals surface area (Å²) < 4.78 is 0. The van der Waals surface area contributed by atoms with Gasteiger partial charge in [0.25, 0.3) is 0 Å². The van der Waals surface area contributed by atoms with Crippen molar-refractivity contribution in [1.29, 1.82) is 0 Å². The maximum Gasteiger partial charge on any atom is 0.226 e. The van der Waals surface area contributed by atoms with E-state index in [1.54, 1.807) is 0 Å². The fraction of sp³-hybridized carbons (Fsp3) is 0.923. The summed E-state index contributed by atoms with van der Waals surface area (Å²) in [5.74, 6) is 0.725. The Kier molecular flexibility index (Phi) is 4.40. The molecule has 98 valence electrons. The second-order valence-electron chi connectivity index (χ2n) is 5.35. The third-order valence-electron chi connectivity index (χ3n) is 4.18. The minimum Gasteiger partial charge on any atom is -0.393 e. The maximum atomic E-state index is 12.3. The zero-order chi connectivity index (χ0) is 12.3. The fourth-order valence-corrected chi connectivity index (χ4v) is 2.94. The molecule has 0 bridgehead atoms. The van der Waals surface area contributed by atoms with Crippen molar-refractivity contribution in [3.8, 4) is 0 Å². The highest BCUT2D eigenvalue weighted by Crippen LogP contribution is 2.23. The standard InChI is InChI=1S/C13H24N2O2/c1-2-10-9-15(7-5-12(10)16)13(17)11-4-3-6-14-8-11/h10-12,14,16H,2-9H2,1H3. The van der Waals surface area contributed by atoms with Gasteiger partial charge in [-0.05, 0) is 32.2 Å². The Hall–Kier alpha value is -0.610. The van der Waals surface area contributed by atoms with Gasteiger partial charge in [-0.15, -0.1) is 0 Å². The second kappa shape index (κ2) is 5.83. The van der Waals surface area contributed by atoms with Crippen LogP contribution < -0.4 is 5.32 Å². The van der Waals surface area contributed by atoms with Gasteiger partial charge in [0.05, 0.1) is 12.0 Å². The lowest BCUT2D eigenvalue weighted by Crippen LogP contribution is -2.50. The molecule has 0 aromatic rings. The van der Waals surface area contributed by atoms with Crippen LogP contribution in [0.4, 0.5) is 0 Å². The van der Waals surface area contributed by atoms with Crippen molar-refractivity contribution in [3.05, 3.63) is 0 Å². The quantitative estimate of drug-likeness (QED) is 0.743. The Labute approximate surface area is 103 Å². The van der Waals surface area contributed by atoms with Gasteiger partial charge in [0.2, 0.25) is 5.91 Å². The molecular formula is C13H24N2O2. The van der Waals surface area contributed by atoms with Crippen LogP contribution >= 0.6 is 0 Å². The number of aliphatic hydroxyl groups excluding tert-OH is 1. The second-order valence-corrected chi connectivity index (χ2v) is 5.35. The number of amides is 1. The normalized spacial score (nSPS) is 34.7. The molecular weight excluding hydrogens is 216 g/mol. The number of carbonyl (C=O) groups excluding carboxylic acids is 1. The van der Waals surface area contributed by atoms with Gasteiger partial charge in [0.15, 0.2) is 0 Å². The first-order valence-electron chi connectivity index (χ1n) is 6.90. The Bertz CT molecular complexity index is 264. The van der Waals surface area contributed by atoms with Crippen molar-refractivity contribution in [1.82, 2.24) is 10.2 Å². The van der Waals surface area contributed by atoms with Gasteiger partial charge >= 0.3 is 0 Å². The van der Waals surface area contributed by atoms with E-state index in [0.29, 0.717) is 5.91 Å². The third kappa shape index (κ3) is 2.99. The van der Waals surface area contributed by atoms with Crippen molar-refractivity contribution in [3.63, 3.8) is 0 Å². The van der Waals surface area contributed by atoms with Crippen molar-refractivity contribution in [2.75, 3.05) is 26.2 Å². The Morgan fingerprint density at radius 2 is 2.29 bits per heavy atom. The fourth-order valence-electron chi connectivity index (χ4n) is 2.94. The molecule has 17 heavy (non-hydrogen) atoms. The van der Waals surface area contributed by atoms with Crippen molar-refractivity contribution in [2.24, 2.45) is 11.8 Å². The van der Waals surface area contributed by atoms with E-state index in [-0.39, 0.29) is 17.9 Å². The van der Waals surface area contributed by atoms with Crippen LogP contribution in [0.2, 0.25) is 0 Å². The van der Waals surface area contributed by atoms with Gasteiger partial charge < -0.3 is 15.3 Å². The molecule has 2 rings (SSSR count). The van der Waals surface area contributed by atoms with Gasteiger partial charge in [0, 0.05) is 25.6 Å². The molecule has 3 atom stereocenters. The zero-order valence-electron chi connectivity index (χ0n) is 10.7. The Morgan fingerprint density at radius 3 is 2.94 bits per heavy atom. The average Bonchev–Trinajstić information content (AvgIpc) is 2.39. The molecule has 2 saturated heterocycles. The van der Waals surface area contributed by atoms with Crippen molar-refractivity contribution < 1.29 is 9.90 Å². The lowest BCUT2D eigenvalue weighted by Gasteiger charge is -2.38. The smallest absolute Gasteiger partial charge is 0.226 e. The molecule has 2 aliphatic rings. The Morgan fingerprint density at radius 1 is 1.47 bits per heavy atom. The molecule has 0 aromatic carbocycles. The highest BCUT2D eigenvalue weighted by molar-refractivity contribution is 5.79. The van der Waals surface area contributed by atoms with Crippen molar-refractivity contribution in [2.45, 2.75) is 38.7 Å². The number of carbonyl (C=O) groups is 1. The van der Waals surface area contributed by atoms with E-state index in [1.807, 2.05) is 4.90 Å². The molecule has 1 amide bonds. The summed E-state index contributed by atoms with van der Waals surface area (Å²) >= 11 is 0. The summed E-state index contributed by atoms with van der Waals surface area (Å²) in [5.41, 5.74) is 0. The molecule has 0 aliphatic carbocycles. The summed E-state index contributed by atoms with van der Waals surface area (Å²) in [7, 11) is 0. The summed E-state index contributed by atoms with van der Waals surface area (Å²) in [6, 6.07) is 0. The Balaban J connectivity index is 1.90. The summed E-state index contributed by atoms with van der Waals surface area (Å²) in [6.07, 6.45) is 3.60. The third-order valence-corrected chi connectivity index (χ3v) is 4.18. The monoisotopic (exact) mass is 240 g/mol. The number of piperidine rings is 2. The van der Waals surface area contributed by atoms with E-state index >= 15 is 0 Å². The number of rotatable bonds is 2. The van der Waals surface area contributed by atoms with E-state index in [2.05, 4.69) is 12.2 Å². The molecule has 2 fully saturated rings. The van der Waals surface area contributed by atoms with E-state index < -0.39 is 0 Å². The molecule has 0 radical (unpaired) electrons. The van der Waals surface area contributed by atoms with Crippen LogP contribution in [-0.4, -0.2) is 48.2 Å². The molecule has 4 nitrogen and oxygen atoms in total. The molecule has 2 N–H and O–H groups in total. The van der Waals surface area contributed by atoms with Gasteiger partial charge in [0.1, 0.15) is 0 Å². The van der Waals surface area contributed by atoms with Gasteiger partial charge in [-0.2, -0.15) is 0 Å². The topological polar surface area (TPSA) is 52.6 Å². The van der Waals surface area contributed by atoms with Crippen LogP contribution in [-0.2, 0) is 4.79 Å². The van der Waals surface area contributed by atoms with Crippen LogP contribution in [0, 0.1) is 11.8 Å². The molecule has 0 spiro atoms. The van der Waals surface area contributed by atoms with Gasteiger partial charge in [-0.1, -0.05) is 6.92 Å².